The molecule has 1 N–H and O–H groups in total. The van der Waals surface area contributed by atoms with Crippen LogP contribution < -0.4 is 5.32 Å². The van der Waals surface area contributed by atoms with E-state index in [2.05, 4.69) is 57.3 Å². The van der Waals surface area contributed by atoms with Crippen molar-refractivity contribution in [3.8, 4) is 0 Å². The van der Waals surface area contributed by atoms with Crippen LogP contribution in [0.5, 0.6) is 0 Å². The summed E-state index contributed by atoms with van der Waals surface area (Å²) in [4.78, 5) is 12.9. The van der Waals surface area contributed by atoms with Gasteiger partial charge in [0.05, 0.1) is 12.4 Å². The van der Waals surface area contributed by atoms with Crippen LogP contribution in [0.25, 0.3) is 0 Å². The molecule has 5 nitrogen and oxygen atoms in total. The number of nitrogens with one attached hydrogen (secondary N) is 1. The number of guanidine groups is 1. The summed E-state index contributed by atoms with van der Waals surface area (Å²) < 4.78 is 2.24. The second-order valence-electron chi connectivity index (χ2n) is 6.35. The van der Waals surface area contributed by atoms with Crippen LogP contribution in [-0.2, 0) is 6.42 Å². The van der Waals surface area contributed by atoms with Gasteiger partial charge in [-0.25, -0.2) is 4.98 Å². The second-order valence-corrected chi connectivity index (χ2v) is 7.39. The van der Waals surface area contributed by atoms with Gasteiger partial charge in [0.2, 0.25) is 0 Å². The molecule has 1 aliphatic rings. The van der Waals surface area contributed by atoms with E-state index < -0.39 is 0 Å². The first-order valence-electron chi connectivity index (χ1n) is 8.81. The molecule has 3 rings (SSSR count). The lowest BCUT2D eigenvalue weighted by atomic mass is 9.93. The number of hydrogen-bond donors (Lipinski definition) is 1. The third-order valence-corrected chi connectivity index (χ3v) is 5.60. The third-order valence-electron chi connectivity index (χ3n) is 4.66. The van der Waals surface area contributed by atoms with E-state index >= 15 is 0 Å². The van der Waals surface area contributed by atoms with E-state index in [4.69, 9.17) is 4.99 Å². The van der Waals surface area contributed by atoms with Crippen LogP contribution in [0.3, 0.4) is 0 Å². The summed E-state index contributed by atoms with van der Waals surface area (Å²) in [6.07, 6.45) is 8.07. The molecule has 0 aromatic carbocycles. The molecule has 2 aromatic rings. The van der Waals surface area contributed by atoms with Gasteiger partial charge in [0, 0.05) is 49.9 Å². The average molecular weight is 473 g/mol. The molecule has 1 aliphatic heterocycles. The molecule has 25 heavy (non-hydrogen) atoms. The lowest BCUT2D eigenvalue weighted by Crippen LogP contribution is -2.49. The number of rotatable bonds is 5. The van der Waals surface area contributed by atoms with Crippen LogP contribution in [0.2, 0.25) is 0 Å². The molecule has 3 heterocycles. The molecule has 2 unspecified atom stereocenters. The van der Waals surface area contributed by atoms with E-state index in [1.807, 2.05) is 23.9 Å². The molecular weight excluding hydrogens is 445 g/mol. The van der Waals surface area contributed by atoms with Crippen molar-refractivity contribution in [3.05, 3.63) is 41.1 Å². The summed E-state index contributed by atoms with van der Waals surface area (Å²) in [5, 5.41) is 5.60. The first kappa shape index (κ1) is 20.2. The fourth-order valence-electron chi connectivity index (χ4n) is 3.25. The van der Waals surface area contributed by atoms with Gasteiger partial charge in [-0.05, 0) is 30.7 Å². The van der Waals surface area contributed by atoms with Crippen molar-refractivity contribution < 1.29 is 0 Å². The minimum Gasteiger partial charge on any atom is -0.357 e. The topological polar surface area (TPSA) is 45.5 Å². The maximum atomic E-state index is 4.87. The zero-order valence-electron chi connectivity index (χ0n) is 15.0. The summed E-state index contributed by atoms with van der Waals surface area (Å²) in [6, 6.07) is 4.75. The molecule has 1 fully saturated rings. The first-order chi connectivity index (χ1) is 11.8. The van der Waals surface area contributed by atoms with Gasteiger partial charge < -0.3 is 14.8 Å². The zero-order valence-corrected chi connectivity index (χ0v) is 18.1. The van der Waals surface area contributed by atoms with Crippen LogP contribution in [0, 0.1) is 5.92 Å². The van der Waals surface area contributed by atoms with E-state index in [0.717, 1.165) is 38.6 Å². The molecule has 2 aromatic heterocycles. The maximum absolute atomic E-state index is 4.87. The molecule has 0 radical (unpaired) electrons. The number of nitrogens with zero attached hydrogens (tertiary/aromatic N) is 4. The van der Waals surface area contributed by atoms with E-state index in [1.54, 1.807) is 0 Å². The average Bonchev–Trinajstić information content (AvgIpc) is 3.28. The monoisotopic (exact) mass is 473 g/mol. The van der Waals surface area contributed by atoms with Crippen LogP contribution in [0.1, 0.15) is 31.2 Å². The SMILES string of the molecule is CCNC(=NCCc1cccs1)N1CCC(C)C(n2ccnc2)C1.I. The standard InChI is InChI=1S/C18H27N5S.HI/c1-3-20-18(21-8-6-16-5-4-12-24-16)22-10-7-15(2)17(13-22)23-11-9-19-14-23;/h4-5,9,11-12,14-15,17H,3,6-8,10,13H2,1-2H3,(H,20,21);1H. The molecule has 1 saturated heterocycles. The molecule has 0 bridgehead atoms. The second kappa shape index (κ2) is 10.2. The van der Waals surface area contributed by atoms with Crippen molar-refractivity contribution in [2.45, 2.75) is 32.7 Å². The smallest absolute Gasteiger partial charge is 0.193 e. The molecule has 0 spiro atoms. The summed E-state index contributed by atoms with van der Waals surface area (Å²) in [5.41, 5.74) is 0. The van der Waals surface area contributed by atoms with Gasteiger partial charge in [0.15, 0.2) is 5.96 Å². The number of aromatic nitrogens is 2. The largest absolute Gasteiger partial charge is 0.357 e. The number of likely N-dealkylation sites (tertiary alicyclic amines) is 1. The Morgan fingerprint density at radius 3 is 3.04 bits per heavy atom. The molecule has 138 valence electrons. The van der Waals surface area contributed by atoms with Crippen molar-refractivity contribution in [2.75, 3.05) is 26.2 Å². The highest BCUT2D eigenvalue weighted by molar-refractivity contribution is 14.0. The molecular formula is C18H28IN5S. The van der Waals surface area contributed by atoms with Gasteiger partial charge in [0.25, 0.3) is 0 Å². The number of halogens is 1. The predicted octanol–water partition coefficient (Wildman–Crippen LogP) is 3.65. The predicted molar refractivity (Wildman–Crippen MR) is 116 cm³/mol. The fraction of sp³-hybridized carbons (Fsp3) is 0.556. The van der Waals surface area contributed by atoms with Crippen LogP contribution in [-0.4, -0.2) is 46.6 Å². The minimum atomic E-state index is 0. The number of aliphatic imine (C=N–C) groups is 1. The Bertz CT molecular complexity index is 626. The Morgan fingerprint density at radius 1 is 1.48 bits per heavy atom. The van der Waals surface area contributed by atoms with Crippen LogP contribution in [0.4, 0.5) is 0 Å². The van der Waals surface area contributed by atoms with Gasteiger partial charge >= 0.3 is 0 Å². The van der Waals surface area contributed by atoms with Crippen molar-refractivity contribution in [2.24, 2.45) is 10.9 Å². The molecule has 2 atom stereocenters. The highest BCUT2D eigenvalue weighted by Gasteiger charge is 2.28. The third kappa shape index (κ3) is 5.44. The van der Waals surface area contributed by atoms with Gasteiger partial charge in [-0.3, -0.25) is 4.99 Å². The van der Waals surface area contributed by atoms with Crippen LogP contribution in [0.15, 0.2) is 41.2 Å². The summed E-state index contributed by atoms with van der Waals surface area (Å²) >= 11 is 1.81. The lowest BCUT2D eigenvalue weighted by Gasteiger charge is -2.39. The molecule has 0 saturated carbocycles. The van der Waals surface area contributed by atoms with E-state index in [9.17, 15) is 0 Å². The molecule has 0 aliphatic carbocycles. The fourth-order valence-corrected chi connectivity index (χ4v) is 3.95. The van der Waals surface area contributed by atoms with E-state index in [1.165, 1.54) is 11.3 Å². The quantitative estimate of drug-likeness (QED) is 0.410. The normalized spacial score (nSPS) is 21.0. The maximum Gasteiger partial charge on any atom is 0.193 e. The summed E-state index contributed by atoms with van der Waals surface area (Å²) in [7, 11) is 0. The lowest BCUT2D eigenvalue weighted by molar-refractivity contribution is 0.189. The summed E-state index contributed by atoms with van der Waals surface area (Å²) in [5.74, 6) is 1.70. The number of imidazole rings is 1. The van der Waals surface area contributed by atoms with Gasteiger partial charge in [-0.15, -0.1) is 35.3 Å². The van der Waals surface area contributed by atoms with Crippen molar-refractivity contribution in [3.63, 3.8) is 0 Å². The van der Waals surface area contributed by atoms with Crippen molar-refractivity contribution >= 4 is 41.3 Å². The number of hydrogen-bond acceptors (Lipinski definition) is 3. The molecule has 7 heteroatoms. The van der Waals surface area contributed by atoms with Crippen molar-refractivity contribution in [1.82, 2.24) is 19.8 Å². The zero-order chi connectivity index (χ0) is 16.8. The van der Waals surface area contributed by atoms with Gasteiger partial charge in [0.1, 0.15) is 0 Å². The minimum absolute atomic E-state index is 0. The van der Waals surface area contributed by atoms with Gasteiger partial charge in [-0.2, -0.15) is 0 Å². The Morgan fingerprint density at radius 2 is 2.36 bits per heavy atom. The van der Waals surface area contributed by atoms with E-state index in [-0.39, 0.29) is 24.0 Å². The first-order valence-corrected chi connectivity index (χ1v) is 9.69. The number of thiophene rings is 1. The number of piperidine rings is 1. The Balaban J connectivity index is 0.00000225. The summed E-state index contributed by atoms with van der Waals surface area (Å²) in [6.45, 7) is 8.27. The van der Waals surface area contributed by atoms with Crippen LogP contribution >= 0.6 is 35.3 Å². The Kier molecular flexibility index (Phi) is 8.21. The Hall–Kier alpha value is -1.09. The van der Waals surface area contributed by atoms with Gasteiger partial charge in [-0.1, -0.05) is 13.0 Å². The molecule has 0 amide bonds. The van der Waals surface area contributed by atoms with E-state index in [0.29, 0.717) is 12.0 Å². The highest BCUT2D eigenvalue weighted by Crippen LogP contribution is 2.27. The highest BCUT2D eigenvalue weighted by atomic mass is 127. The Labute approximate surface area is 171 Å². The van der Waals surface area contributed by atoms with Crippen molar-refractivity contribution in [1.29, 1.82) is 0 Å².